The van der Waals surface area contributed by atoms with Crippen molar-refractivity contribution in [3.63, 3.8) is 0 Å². The minimum Gasteiger partial charge on any atom is -0.324 e. The lowest BCUT2D eigenvalue weighted by atomic mass is 10.1. The van der Waals surface area contributed by atoms with Crippen LogP contribution in [0.2, 0.25) is 0 Å². The molecule has 0 spiro atoms. The van der Waals surface area contributed by atoms with Crippen LogP contribution in [-0.4, -0.2) is 22.8 Å². The molecule has 0 aliphatic carbocycles. The molecule has 2 heterocycles. The molecule has 0 N–H and O–H groups in total. The molecule has 6 heteroatoms. The van der Waals surface area contributed by atoms with Crippen molar-refractivity contribution in [2.75, 3.05) is 0 Å². The molecule has 0 radical (unpaired) electrons. The van der Waals surface area contributed by atoms with Gasteiger partial charge in [0.2, 0.25) is 0 Å². The fraction of sp³-hybridized carbons (Fsp3) is 0.0556. The first-order chi connectivity index (χ1) is 11.6. The number of carbonyl (C=O) groups is 3. The molecule has 3 aromatic rings. The Morgan fingerprint density at radius 3 is 2.38 bits per heavy atom. The van der Waals surface area contributed by atoms with E-state index in [1.165, 1.54) is 23.5 Å². The number of amides is 2. The number of hydroxylamine groups is 2. The highest BCUT2D eigenvalue weighted by Crippen LogP contribution is 2.29. The lowest BCUT2D eigenvalue weighted by Gasteiger charge is -2.12. The van der Waals surface area contributed by atoms with E-state index in [2.05, 4.69) is 0 Å². The monoisotopic (exact) mass is 337 g/mol. The number of carbonyl (C=O) groups excluding carboxylic acids is 3. The van der Waals surface area contributed by atoms with Gasteiger partial charge < -0.3 is 4.84 Å². The van der Waals surface area contributed by atoms with Crippen LogP contribution in [0.5, 0.6) is 0 Å². The van der Waals surface area contributed by atoms with E-state index >= 15 is 0 Å². The highest BCUT2D eigenvalue weighted by atomic mass is 32.1. The van der Waals surface area contributed by atoms with Gasteiger partial charge in [0, 0.05) is 15.5 Å². The highest BCUT2D eigenvalue weighted by molar-refractivity contribution is 7.17. The normalized spacial score (nSPS) is 13.5. The summed E-state index contributed by atoms with van der Waals surface area (Å²) >= 11 is 1.41. The summed E-state index contributed by atoms with van der Waals surface area (Å²) in [5.41, 5.74) is 1.90. The van der Waals surface area contributed by atoms with Crippen molar-refractivity contribution in [2.45, 2.75) is 6.92 Å². The van der Waals surface area contributed by atoms with Gasteiger partial charge in [-0.05, 0) is 30.7 Å². The summed E-state index contributed by atoms with van der Waals surface area (Å²) in [6.45, 7) is 1.97. The van der Waals surface area contributed by atoms with Gasteiger partial charge in [0.1, 0.15) is 0 Å². The van der Waals surface area contributed by atoms with Crippen LogP contribution in [0.15, 0.2) is 47.8 Å². The fourth-order valence-electron chi connectivity index (χ4n) is 2.68. The summed E-state index contributed by atoms with van der Waals surface area (Å²) in [7, 11) is 0. The second-order valence-electron chi connectivity index (χ2n) is 5.48. The molecule has 2 amide bonds. The minimum atomic E-state index is -0.723. The SMILES string of the molecule is Cc1ccc2c(C(=O)ON3C(=O)c4ccccc4C3=O)csc2c1. The van der Waals surface area contributed by atoms with E-state index in [1.54, 1.807) is 17.5 Å². The Labute approximate surface area is 141 Å². The molecule has 0 saturated heterocycles. The third kappa shape index (κ3) is 2.11. The third-order valence-corrected chi connectivity index (χ3v) is 4.83. The molecule has 0 saturated carbocycles. The maximum Gasteiger partial charge on any atom is 0.365 e. The molecule has 1 aromatic heterocycles. The first-order valence-corrected chi connectivity index (χ1v) is 8.12. The van der Waals surface area contributed by atoms with Crippen LogP contribution in [0.4, 0.5) is 0 Å². The van der Waals surface area contributed by atoms with Gasteiger partial charge in [-0.25, -0.2) is 4.79 Å². The molecular weight excluding hydrogens is 326 g/mol. The standard InChI is InChI=1S/C18H11NO4S/c1-10-6-7-11-14(9-24-15(11)8-10)18(22)23-19-16(20)12-4-2-3-5-13(12)17(19)21/h2-9H,1H3. The van der Waals surface area contributed by atoms with E-state index in [1.807, 2.05) is 25.1 Å². The molecule has 4 rings (SSSR count). The number of aryl methyl sites for hydroxylation is 1. The van der Waals surface area contributed by atoms with E-state index < -0.39 is 17.8 Å². The Morgan fingerprint density at radius 1 is 1.04 bits per heavy atom. The largest absolute Gasteiger partial charge is 0.365 e. The summed E-state index contributed by atoms with van der Waals surface area (Å²) in [6, 6.07) is 12.1. The van der Waals surface area contributed by atoms with Crippen molar-refractivity contribution in [3.8, 4) is 0 Å². The van der Waals surface area contributed by atoms with Crippen LogP contribution in [0.3, 0.4) is 0 Å². The van der Waals surface area contributed by atoms with E-state index in [0.717, 1.165) is 15.6 Å². The fourth-order valence-corrected chi connectivity index (χ4v) is 3.70. The van der Waals surface area contributed by atoms with E-state index in [-0.39, 0.29) is 11.1 Å². The third-order valence-electron chi connectivity index (χ3n) is 3.88. The van der Waals surface area contributed by atoms with Gasteiger partial charge in [0.25, 0.3) is 11.8 Å². The van der Waals surface area contributed by atoms with Crippen LogP contribution >= 0.6 is 11.3 Å². The zero-order chi connectivity index (χ0) is 16.8. The predicted octanol–water partition coefficient (Wildman–Crippen LogP) is 3.58. The van der Waals surface area contributed by atoms with Crippen molar-refractivity contribution in [1.29, 1.82) is 0 Å². The number of fused-ring (bicyclic) bond motifs is 2. The molecule has 0 fully saturated rings. The van der Waals surface area contributed by atoms with Crippen LogP contribution in [0.1, 0.15) is 36.6 Å². The molecule has 118 valence electrons. The van der Waals surface area contributed by atoms with Gasteiger partial charge in [-0.1, -0.05) is 29.3 Å². The zero-order valence-corrected chi connectivity index (χ0v) is 13.4. The Balaban J connectivity index is 1.65. The predicted molar refractivity (Wildman–Crippen MR) is 88.9 cm³/mol. The quantitative estimate of drug-likeness (QED) is 0.671. The van der Waals surface area contributed by atoms with Gasteiger partial charge in [-0.2, -0.15) is 0 Å². The Bertz CT molecular complexity index is 986. The van der Waals surface area contributed by atoms with Crippen LogP contribution in [0.25, 0.3) is 10.1 Å². The topological polar surface area (TPSA) is 63.7 Å². The summed E-state index contributed by atoms with van der Waals surface area (Å²) in [6.07, 6.45) is 0. The molecule has 2 aromatic carbocycles. The number of thiophene rings is 1. The van der Waals surface area contributed by atoms with Crippen molar-refractivity contribution in [1.82, 2.24) is 5.06 Å². The average molecular weight is 337 g/mol. The van der Waals surface area contributed by atoms with Crippen molar-refractivity contribution in [3.05, 3.63) is 70.1 Å². The molecule has 0 bridgehead atoms. The van der Waals surface area contributed by atoms with Gasteiger partial charge in [-0.15, -0.1) is 11.3 Å². The zero-order valence-electron chi connectivity index (χ0n) is 12.6. The van der Waals surface area contributed by atoms with Crippen molar-refractivity contribution in [2.24, 2.45) is 0 Å². The van der Waals surface area contributed by atoms with E-state index in [9.17, 15) is 14.4 Å². The lowest BCUT2D eigenvalue weighted by molar-refractivity contribution is -0.0582. The maximum absolute atomic E-state index is 12.4. The molecule has 1 aliphatic heterocycles. The molecular formula is C18H11NO4S. The Hall–Kier alpha value is -2.99. The van der Waals surface area contributed by atoms with Crippen LogP contribution < -0.4 is 0 Å². The number of hydrogen-bond acceptors (Lipinski definition) is 5. The Morgan fingerprint density at radius 2 is 1.71 bits per heavy atom. The van der Waals surface area contributed by atoms with Crippen LogP contribution in [-0.2, 0) is 4.84 Å². The second kappa shape index (κ2) is 5.28. The summed E-state index contributed by atoms with van der Waals surface area (Å²) in [4.78, 5) is 42.0. The number of nitrogens with zero attached hydrogens (tertiary/aromatic N) is 1. The summed E-state index contributed by atoms with van der Waals surface area (Å²) in [5, 5.41) is 2.95. The first kappa shape index (κ1) is 14.6. The van der Waals surface area contributed by atoms with Gasteiger partial charge in [-0.3, -0.25) is 9.59 Å². The molecule has 0 atom stereocenters. The molecule has 0 unspecified atom stereocenters. The molecule has 24 heavy (non-hydrogen) atoms. The van der Waals surface area contributed by atoms with Gasteiger partial charge >= 0.3 is 5.97 Å². The van der Waals surface area contributed by atoms with Crippen LogP contribution in [0, 0.1) is 6.92 Å². The number of hydrogen-bond donors (Lipinski definition) is 0. The number of imide groups is 1. The summed E-state index contributed by atoms with van der Waals surface area (Å²) < 4.78 is 0.948. The van der Waals surface area contributed by atoms with Gasteiger partial charge in [0.15, 0.2) is 0 Å². The van der Waals surface area contributed by atoms with E-state index in [4.69, 9.17) is 4.84 Å². The maximum atomic E-state index is 12.4. The molecule has 5 nitrogen and oxygen atoms in total. The number of benzene rings is 2. The second-order valence-corrected chi connectivity index (χ2v) is 6.39. The summed E-state index contributed by atoms with van der Waals surface area (Å²) in [5.74, 6) is -1.97. The average Bonchev–Trinajstić information content (AvgIpc) is 3.10. The smallest absolute Gasteiger partial charge is 0.324 e. The minimum absolute atomic E-state index is 0.237. The highest BCUT2D eigenvalue weighted by Gasteiger charge is 2.39. The first-order valence-electron chi connectivity index (χ1n) is 7.24. The van der Waals surface area contributed by atoms with Crippen molar-refractivity contribution < 1.29 is 19.2 Å². The van der Waals surface area contributed by atoms with Gasteiger partial charge in [0.05, 0.1) is 16.7 Å². The van der Waals surface area contributed by atoms with Crippen molar-refractivity contribution >= 4 is 39.2 Å². The Kier molecular flexibility index (Phi) is 3.21. The lowest BCUT2D eigenvalue weighted by Crippen LogP contribution is -2.32. The number of rotatable bonds is 2. The van der Waals surface area contributed by atoms with E-state index in [0.29, 0.717) is 10.6 Å². The molecule has 1 aliphatic rings.